The summed E-state index contributed by atoms with van der Waals surface area (Å²) < 4.78 is 10.3. The molecule has 1 unspecified atom stereocenters. The second-order valence-corrected chi connectivity index (χ2v) is 6.97. The first-order valence-corrected chi connectivity index (χ1v) is 8.28. The average Bonchev–Trinajstić information content (AvgIpc) is 2.59. The third-order valence-electron chi connectivity index (χ3n) is 3.98. The lowest BCUT2D eigenvalue weighted by Gasteiger charge is -2.37. The molecule has 0 aliphatic carbocycles. The molecule has 1 saturated heterocycles. The average molecular weight is 350 g/mol. The predicted octanol–water partition coefficient (Wildman–Crippen LogP) is 2.19. The zero-order valence-corrected chi connectivity index (χ0v) is 15.2. The number of benzene rings is 1. The van der Waals surface area contributed by atoms with Crippen molar-refractivity contribution < 1.29 is 24.2 Å². The molecule has 1 fully saturated rings. The van der Waals surface area contributed by atoms with Crippen LogP contribution in [0.25, 0.3) is 0 Å². The maximum Gasteiger partial charge on any atom is 0.410 e. The molecule has 1 aliphatic rings. The molecule has 1 aromatic rings. The Kier molecular flexibility index (Phi) is 6.02. The molecule has 0 radical (unpaired) electrons. The number of ether oxygens (including phenoxy) is 2. The number of rotatable bonds is 4. The largest absolute Gasteiger partial charge is 0.444 e. The van der Waals surface area contributed by atoms with E-state index in [2.05, 4.69) is 4.90 Å². The molecular formula is C18H26N2O5. The second kappa shape index (κ2) is 7.84. The molecule has 1 aliphatic heterocycles. The van der Waals surface area contributed by atoms with Gasteiger partial charge >= 0.3 is 6.09 Å². The lowest BCUT2D eigenvalue weighted by Crippen LogP contribution is -2.50. The third kappa shape index (κ3) is 4.93. The monoisotopic (exact) mass is 350 g/mol. The highest BCUT2D eigenvalue weighted by atomic mass is 16.6. The van der Waals surface area contributed by atoms with Crippen LogP contribution in [0.2, 0.25) is 0 Å². The van der Waals surface area contributed by atoms with Gasteiger partial charge in [-0.1, -0.05) is 0 Å². The Morgan fingerprint density at radius 1 is 1.24 bits per heavy atom. The van der Waals surface area contributed by atoms with E-state index in [-0.39, 0.29) is 6.09 Å². The minimum atomic E-state index is -1.15. The van der Waals surface area contributed by atoms with Crippen molar-refractivity contribution in [2.75, 3.05) is 38.2 Å². The molecular weight excluding hydrogens is 324 g/mol. The Balaban J connectivity index is 2.05. The Bertz CT molecular complexity index is 618. The maximum atomic E-state index is 12.1. The maximum absolute atomic E-state index is 12.1. The van der Waals surface area contributed by atoms with Gasteiger partial charge in [0, 0.05) is 50.1 Å². The van der Waals surface area contributed by atoms with Crippen LogP contribution in [0.5, 0.6) is 0 Å². The van der Waals surface area contributed by atoms with Crippen molar-refractivity contribution in [2.45, 2.75) is 32.7 Å². The first-order chi connectivity index (χ1) is 11.7. The van der Waals surface area contributed by atoms with Crippen LogP contribution < -0.4 is 4.90 Å². The number of carbonyl (C=O) groups excluding carboxylic acids is 2. The van der Waals surface area contributed by atoms with Gasteiger partial charge in [-0.15, -0.1) is 0 Å². The zero-order valence-electron chi connectivity index (χ0n) is 15.2. The Hall–Kier alpha value is -2.12. The van der Waals surface area contributed by atoms with E-state index in [4.69, 9.17) is 9.47 Å². The van der Waals surface area contributed by atoms with Crippen molar-refractivity contribution in [1.29, 1.82) is 0 Å². The van der Waals surface area contributed by atoms with Crippen molar-refractivity contribution in [3.63, 3.8) is 0 Å². The summed E-state index contributed by atoms with van der Waals surface area (Å²) in [5.74, 6) is 0. The van der Waals surface area contributed by atoms with Gasteiger partial charge in [0.2, 0.25) is 0 Å². The van der Waals surface area contributed by atoms with Crippen LogP contribution in [0, 0.1) is 0 Å². The van der Waals surface area contributed by atoms with E-state index in [1.807, 2.05) is 26.8 Å². The lowest BCUT2D eigenvalue weighted by molar-refractivity contribution is -0.0771. The number of anilines is 1. The van der Waals surface area contributed by atoms with Gasteiger partial charge in [-0.3, -0.25) is 4.79 Å². The van der Waals surface area contributed by atoms with Crippen LogP contribution in [-0.2, 0) is 9.47 Å². The standard InChI is InChI=1S/C18H26N2O5/c1-18(2,3)25-17(23)20-9-7-19(8-10-20)14-6-5-13(12-21)15(11-14)16(22)24-4/h5-6,11-12,16,22H,7-10H2,1-4H3. The molecule has 0 spiro atoms. The highest BCUT2D eigenvalue weighted by molar-refractivity contribution is 5.79. The fourth-order valence-corrected chi connectivity index (χ4v) is 2.68. The number of aldehydes is 1. The van der Waals surface area contributed by atoms with Crippen molar-refractivity contribution in [1.82, 2.24) is 4.90 Å². The molecule has 7 heteroatoms. The number of aliphatic hydroxyl groups is 1. The van der Waals surface area contributed by atoms with Crippen LogP contribution in [0.3, 0.4) is 0 Å². The van der Waals surface area contributed by atoms with E-state index < -0.39 is 11.9 Å². The number of carbonyl (C=O) groups is 2. The fourth-order valence-electron chi connectivity index (χ4n) is 2.68. The van der Waals surface area contributed by atoms with Gasteiger partial charge in [-0.25, -0.2) is 4.79 Å². The van der Waals surface area contributed by atoms with Crippen LogP contribution in [0.15, 0.2) is 18.2 Å². The molecule has 7 nitrogen and oxygen atoms in total. The van der Waals surface area contributed by atoms with Crippen molar-refractivity contribution in [3.05, 3.63) is 29.3 Å². The van der Waals surface area contributed by atoms with E-state index in [0.717, 1.165) is 5.69 Å². The number of methoxy groups -OCH3 is 1. The van der Waals surface area contributed by atoms with Gasteiger partial charge in [0.05, 0.1) is 0 Å². The molecule has 1 amide bonds. The van der Waals surface area contributed by atoms with Crippen LogP contribution in [0.4, 0.5) is 10.5 Å². The molecule has 2 rings (SSSR count). The number of nitrogens with zero attached hydrogens (tertiary/aromatic N) is 2. The minimum Gasteiger partial charge on any atom is -0.444 e. The first kappa shape index (κ1) is 19.2. The van der Waals surface area contributed by atoms with Gasteiger partial charge < -0.3 is 24.4 Å². The third-order valence-corrected chi connectivity index (χ3v) is 3.98. The van der Waals surface area contributed by atoms with Crippen molar-refractivity contribution in [2.24, 2.45) is 0 Å². The molecule has 138 valence electrons. The molecule has 25 heavy (non-hydrogen) atoms. The van der Waals surface area contributed by atoms with E-state index in [1.165, 1.54) is 7.11 Å². The molecule has 0 bridgehead atoms. The smallest absolute Gasteiger partial charge is 0.410 e. The summed E-state index contributed by atoms with van der Waals surface area (Å²) in [5.41, 5.74) is 1.19. The topological polar surface area (TPSA) is 79.3 Å². The molecule has 0 saturated carbocycles. The van der Waals surface area contributed by atoms with Crippen LogP contribution in [0.1, 0.15) is 43.0 Å². The Labute approximate surface area is 148 Å². The van der Waals surface area contributed by atoms with Crippen molar-refractivity contribution >= 4 is 18.1 Å². The molecule has 1 atom stereocenters. The Morgan fingerprint density at radius 3 is 2.40 bits per heavy atom. The summed E-state index contributed by atoms with van der Waals surface area (Å²) >= 11 is 0. The molecule has 1 heterocycles. The highest BCUT2D eigenvalue weighted by Gasteiger charge is 2.26. The molecule has 1 N–H and O–H groups in total. The van der Waals surface area contributed by atoms with E-state index >= 15 is 0 Å². The Morgan fingerprint density at radius 2 is 1.88 bits per heavy atom. The summed E-state index contributed by atoms with van der Waals surface area (Å²) in [5, 5.41) is 9.92. The van der Waals surface area contributed by atoms with Crippen molar-refractivity contribution in [3.8, 4) is 0 Å². The van der Waals surface area contributed by atoms with E-state index in [1.54, 1.807) is 17.0 Å². The summed E-state index contributed by atoms with van der Waals surface area (Å²) in [4.78, 5) is 27.0. The lowest BCUT2D eigenvalue weighted by atomic mass is 10.1. The second-order valence-electron chi connectivity index (χ2n) is 6.97. The van der Waals surface area contributed by atoms with Gasteiger partial charge in [0.1, 0.15) is 5.60 Å². The zero-order chi connectivity index (χ0) is 18.6. The summed E-state index contributed by atoms with van der Waals surface area (Å²) in [6, 6.07) is 5.25. The molecule has 1 aromatic carbocycles. The van der Waals surface area contributed by atoms with Crippen LogP contribution >= 0.6 is 0 Å². The van der Waals surface area contributed by atoms with Gasteiger partial charge in [-0.05, 0) is 39.0 Å². The quantitative estimate of drug-likeness (QED) is 0.662. The van der Waals surface area contributed by atoms with Gasteiger partial charge in [-0.2, -0.15) is 0 Å². The fraction of sp³-hybridized carbons (Fsp3) is 0.556. The molecule has 0 aromatic heterocycles. The number of aliphatic hydroxyl groups excluding tert-OH is 1. The number of hydrogen-bond donors (Lipinski definition) is 1. The number of amides is 1. The van der Waals surface area contributed by atoms with E-state index in [0.29, 0.717) is 43.6 Å². The summed E-state index contributed by atoms with van der Waals surface area (Å²) in [6.07, 6.45) is -0.760. The highest BCUT2D eigenvalue weighted by Crippen LogP contribution is 2.25. The minimum absolute atomic E-state index is 0.307. The normalized spacial score (nSPS) is 16.5. The summed E-state index contributed by atoms with van der Waals surface area (Å²) in [6.45, 7) is 7.92. The van der Waals surface area contributed by atoms with Gasteiger partial charge in [0.25, 0.3) is 0 Å². The number of hydrogen-bond acceptors (Lipinski definition) is 6. The van der Waals surface area contributed by atoms with Crippen LogP contribution in [-0.4, -0.2) is 61.3 Å². The first-order valence-electron chi connectivity index (χ1n) is 8.28. The predicted molar refractivity (Wildman–Crippen MR) is 93.8 cm³/mol. The van der Waals surface area contributed by atoms with E-state index in [9.17, 15) is 14.7 Å². The SMILES string of the molecule is COC(O)c1cc(N2CCN(C(=O)OC(C)(C)C)CC2)ccc1C=O. The number of piperazine rings is 1. The van der Waals surface area contributed by atoms with Gasteiger partial charge in [0.15, 0.2) is 12.6 Å². The summed E-state index contributed by atoms with van der Waals surface area (Å²) in [7, 11) is 1.38.